The zero-order chi connectivity index (χ0) is 14.8. The van der Waals surface area contributed by atoms with Gasteiger partial charge in [-0.1, -0.05) is 13.8 Å². The Morgan fingerprint density at radius 1 is 1.25 bits per heavy atom. The number of nitrogens with one attached hydrogen (secondary N) is 1. The van der Waals surface area contributed by atoms with Crippen LogP contribution in [0.25, 0.3) is 10.2 Å². The van der Waals surface area contributed by atoms with E-state index in [4.69, 9.17) is 0 Å². The second-order valence-electron chi connectivity index (χ2n) is 4.49. The predicted octanol–water partition coefficient (Wildman–Crippen LogP) is 4.18. The van der Waals surface area contributed by atoms with E-state index in [-0.39, 0.29) is 5.82 Å². The molecule has 3 nitrogen and oxygen atoms in total. The van der Waals surface area contributed by atoms with Crippen LogP contribution in [0.5, 0.6) is 0 Å². The summed E-state index contributed by atoms with van der Waals surface area (Å²) in [5, 5.41) is 3.90. The van der Waals surface area contributed by atoms with Crippen molar-refractivity contribution in [3.8, 4) is 0 Å². The summed E-state index contributed by atoms with van der Waals surface area (Å²) in [6, 6.07) is 1.95. The van der Waals surface area contributed by atoms with E-state index in [2.05, 4.69) is 15.3 Å². The van der Waals surface area contributed by atoms with Gasteiger partial charge in [0.15, 0.2) is 0 Å². The number of aryl methyl sites for hydroxylation is 1. The van der Waals surface area contributed by atoms with Gasteiger partial charge in [-0.3, -0.25) is 0 Å². The van der Waals surface area contributed by atoms with Crippen LogP contribution < -0.4 is 5.32 Å². The summed E-state index contributed by atoms with van der Waals surface area (Å²) in [6.45, 7) is 4.68. The lowest BCUT2D eigenvalue weighted by Crippen LogP contribution is -2.15. The van der Waals surface area contributed by atoms with Gasteiger partial charge in [0, 0.05) is 11.4 Å². The summed E-state index contributed by atoms with van der Waals surface area (Å²) in [4.78, 5) is 9.80. The van der Waals surface area contributed by atoms with Gasteiger partial charge in [0.05, 0.1) is 5.39 Å². The Hall–Kier alpha value is -1.37. The van der Waals surface area contributed by atoms with Crippen molar-refractivity contribution in [2.75, 3.05) is 11.9 Å². The van der Waals surface area contributed by atoms with E-state index in [0.29, 0.717) is 17.2 Å². The molecule has 0 saturated heterocycles. The van der Waals surface area contributed by atoms with Crippen LogP contribution in [0.1, 0.15) is 31.0 Å². The molecule has 1 N–H and O–H groups in total. The van der Waals surface area contributed by atoms with Gasteiger partial charge >= 0.3 is 6.18 Å². The molecule has 2 heterocycles. The van der Waals surface area contributed by atoms with E-state index in [1.54, 1.807) is 0 Å². The minimum atomic E-state index is -4.29. The van der Waals surface area contributed by atoms with E-state index >= 15 is 0 Å². The molecule has 0 aliphatic heterocycles. The summed E-state index contributed by atoms with van der Waals surface area (Å²) in [5.41, 5.74) is 0. The number of halogens is 3. The van der Waals surface area contributed by atoms with Crippen molar-refractivity contribution in [3.63, 3.8) is 0 Å². The smallest absolute Gasteiger partial charge is 0.369 e. The zero-order valence-corrected chi connectivity index (χ0v) is 12.2. The molecule has 0 atom stereocenters. The summed E-state index contributed by atoms with van der Waals surface area (Å²) in [6.07, 6.45) is -3.67. The maximum absolute atomic E-state index is 12.5. The van der Waals surface area contributed by atoms with Crippen molar-refractivity contribution in [2.24, 2.45) is 0 Å². The van der Waals surface area contributed by atoms with Crippen molar-refractivity contribution in [2.45, 2.75) is 39.3 Å². The third-order valence-electron chi connectivity index (χ3n) is 2.74. The van der Waals surface area contributed by atoms with Crippen LogP contribution in [0, 0.1) is 0 Å². The maximum atomic E-state index is 12.5. The molecule has 0 aromatic carbocycles. The SMILES string of the molecule is CCCNc1nc(CC(F)(F)F)nc2sc(CC)cc12. The topological polar surface area (TPSA) is 37.8 Å². The van der Waals surface area contributed by atoms with Crippen LogP contribution >= 0.6 is 11.3 Å². The molecule has 110 valence electrons. The maximum Gasteiger partial charge on any atom is 0.396 e. The average molecular weight is 303 g/mol. The molecule has 0 saturated carbocycles. The first-order valence-corrected chi connectivity index (χ1v) is 7.34. The minimum absolute atomic E-state index is 0.173. The molecule has 0 bridgehead atoms. The highest BCUT2D eigenvalue weighted by Gasteiger charge is 2.30. The lowest BCUT2D eigenvalue weighted by atomic mass is 10.3. The van der Waals surface area contributed by atoms with Gasteiger partial charge in [0.25, 0.3) is 0 Å². The summed E-state index contributed by atoms with van der Waals surface area (Å²) in [7, 11) is 0. The third-order valence-corrected chi connectivity index (χ3v) is 3.91. The Labute approximate surface area is 119 Å². The van der Waals surface area contributed by atoms with Crippen LogP contribution in [0.4, 0.5) is 19.0 Å². The fourth-order valence-corrected chi connectivity index (χ4v) is 2.81. The highest BCUT2D eigenvalue weighted by atomic mass is 32.1. The van der Waals surface area contributed by atoms with Gasteiger partial charge in [0.1, 0.15) is 22.9 Å². The zero-order valence-electron chi connectivity index (χ0n) is 11.3. The fraction of sp³-hybridized carbons (Fsp3) is 0.538. The molecule has 7 heteroatoms. The molecule has 0 aliphatic carbocycles. The lowest BCUT2D eigenvalue weighted by molar-refractivity contribution is -0.128. The summed E-state index contributed by atoms with van der Waals surface area (Å²) in [5.74, 6) is 0.333. The molecule has 0 spiro atoms. The number of anilines is 1. The molecule has 0 unspecified atom stereocenters. The van der Waals surface area contributed by atoms with Crippen molar-refractivity contribution in [1.82, 2.24) is 9.97 Å². The van der Waals surface area contributed by atoms with Crippen molar-refractivity contribution >= 4 is 27.4 Å². The Balaban J connectivity index is 2.45. The monoisotopic (exact) mass is 303 g/mol. The Morgan fingerprint density at radius 2 is 2.00 bits per heavy atom. The van der Waals surface area contributed by atoms with E-state index in [1.165, 1.54) is 11.3 Å². The number of hydrogen-bond donors (Lipinski definition) is 1. The summed E-state index contributed by atoms with van der Waals surface area (Å²) >= 11 is 1.43. The van der Waals surface area contributed by atoms with Gasteiger partial charge in [-0.15, -0.1) is 11.3 Å². The molecular weight excluding hydrogens is 287 g/mol. The molecule has 2 rings (SSSR count). The fourth-order valence-electron chi connectivity index (χ4n) is 1.83. The second kappa shape index (κ2) is 5.95. The van der Waals surface area contributed by atoms with Gasteiger partial charge in [0.2, 0.25) is 0 Å². The van der Waals surface area contributed by atoms with E-state index in [9.17, 15) is 13.2 Å². The van der Waals surface area contributed by atoms with E-state index in [0.717, 1.165) is 23.1 Å². The highest BCUT2D eigenvalue weighted by Crippen LogP contribution is 2.30. The number of aromatic nitrogens is 2. The van der Waals surface area contributed by atoms with Crippen LogP contribution in [0.15, 0.2) is 6.07 Å². The summed E-state index contributed by atoms with van der Waals surface area (Å²) < 4.78 is 37.5. The Kier molecular flexibility index (Phi) is 4.47. The molecule has 0 aliphatic rings. The Bertz CT molecular complexity index is 592. The van der Waals surface area contributed by atoms with Gasteiger partial charge in [-0.2, -0.15) is 13.2 Å². The van der Waals surface area contributed by atoms with Crippen molar-refractivity contribution in [3.05, 3.63) is 16.8 Å². The van der Waals surface area contributed by atoms with Crippen molar-refractivity contribution < 1.29 is 13.2 Å². The molecule has 0 fully saturated rings. The third kappa shape index (κ3) is 3.59. The molecule has 0 amide bonds. The van der Waals surface area contributed by atoms with Crippen LogP contribution in [-0.2, 0) is 12.8 Å². The standard InChI is InChI=1S/C13H16F3N3S/c1-3-5-17-11-9-6-8(4-2)20-12(9)19-10(18-11)7-13(14,15)16/h6H,3-5,7H2,1-2H3,(H,17,18,19). The van der Waals surface area contributed by atoms with Crippen molar-refractivity contribution in [1.29, 1.82) is 0 Å². The quantitative estimate of drug-likeness (QED) is 0.900. The number of rotatable bonds is 5. The molecule has 0 radical (unpaired) electrons. The average Bonchev–Trinajstić information content (AvgIpc) is 2.76. The number of alkyl halides is 3. The van der Waals surface area contributed by atoms with Gasteiger partial charge in [-0.05, 0) is 18.9 Å². The van der Waals surface area contributed by atoms with Gasteiger partial charge < -0.3 is 5.32 Å². The predicted molar refractivity (Wildman–Crippen MR) is 75.3 cm³/mol. The van der Waals surface area contributed by atoms with Crippen LogP contribution in [0.3, 0.4) is 0 Å². The van der Waals surface area contributed by atoms with E-state index in [1.807, 2.05) is 19.9 Å². The minimum Gasteiger partial charge on any atom is -0.369 e. The largest absolute Gasteiger partial charge is 0.396 e. The Morgan fingerprint density at radius 3 is 2.60 bits per heavy atom. The number of hydrogen-bond acceptors (Lipinski definition) is 4. The number of thiophene rings is 1. The first-order chi connectivity index (χ1) is 9.43. The molecule has 2 aromatic rings. The molecule has 20 heavy (non-hydrogen) atoms. The first kappa shape index (κ1) is 15.0. The molecule has 2 aromatic heterocycles. The molecular formula is C13H16F3N3S. The number of nitrogens with zero attached hydrogens (tertiary/aromatic N) is 2. The normalized spacial score (nSPS) is 12.1. The van der Waals surface area contributed by atoms with Gasteiger partial charge in [-0.25, -0.2) is 9.97 Å². The first-order valence-electron chi connectivity index (χ1n) is 6.53. The highest BCUT2D eigenvalue weighted by molar-refractivity contribution is 7.18. The van der Waals surface area contributed by atoms with Crippen LogP contribution in [-0.4, -0.2) is 22.7 Å². The van der Waals surface area contributed by atoms with Crippen LogP contribution in [0.2, 0.25) is 0 Å². The lowest BCUT2D eigenvalue weighted by Gasteiger charge is -2.09. The van der Waals surface area contributed by atoms with E-state index < -0.39 is 12.6 Å². The second-order valence-corrected chi connectivity index (χ2v) is 5.61. The number of fused-ring (bicyclic) bond motifs is 1.